The van der Waals surface area contributed by atoms with Crippen molar-refractivity contribution in [1.82, 2.24) is 4.90 Å². The van der Waals surface area contributed by atoms with Crippen LogP contribution in [0.1, 0.15) is 24.2 Å². The summed E-state index contributed by atoms with van der Waals surface area (Å²) in [5.74, 6) is 1.70. The smallest absolute Gasteiger partial charge is 0.253 e. The molecule has 0 atom stereocenters. The van der Waals surface area contributed by atoms with Crippen LogP contribution in [0.4, 0.5) is 0 Å². The second-order valence-electron chi connectivity index (χ2n) is 6.91. The van der Waals surface area contributed by atoms with Crippen LogP contribution in [0.3, 0.4) is 0 Å². The number of amides is 1. The minimum Gasteiger partial charge on any atom is -0.488 e. The second kappa shape index (κ2) is 6.06. The normalized spacial score (nSPS) is 15.9. The number of ether oxygens (including phenoxy) is 1. The maximum Gasteiger partial charge on any atom is 0.253 e. The molecule has 0 unspecified atom stereocenters. The molecule has 2 heterocycles. The first-order chi connectivity index (χ1) is 12.8. The Bertz CT molecular complexity index is 980. The fraction of sp³-hybridized carbons (Fsp3) is 0.227. The SMILES string of the molecule is O=C(C1=Cc2ccccc2OC1)N(Cc1cc2ccccc2o1)C1CC1. The van der Waals surface area contributed by atoms with E-state index in [1.54, 1.807) is 0 Å². The van der Waals surface area contributed by atoms with Crippen LogP contribution in [0, 0.1) is 0 Å². The monoisotopic (exact) mass is 345 g/mol. The van der Waals surface area contributed by atoms with E-state index in [1.807, 2.05) is 65.6 Å². The Hall–Kier alpha value is -3.01. The van der Waals surface area contributed by atoms with Crippen molar-refractivity contribution in [2.45, 2.75) is 25.4 Å². The Morgan fingerprint density at radius 3 is 2.73 bits per heavy atom. The molecule has 1 aliphatic carbocycles. The highest BCUT2D eigenvalue weighted by Gasteiger charge is 2.35. The Balaban J connectivity index is 1.42. The number of carbonyl (C=O) groups is 1. The fourth-order valence-corrected chi connectivity index (χ4v) is 3.46. The molecule has 26 heavy (non-hydrogen) atoms. The predicted molar refractivity (Wildman–Crippen MR) is 99.7 cm³/mol. The molecule has 0 N–H and O–H groups in total. The summed E-state index contributed by atoms with van der Waals surface area (Å²) in [6, 6.07) is 18.1. The first-order valence-electron chi connectivity index (χ1n) is 8.99. The third-order valence-corrected chi connectivity index (χ3v) is 4.96. The maximum absolute atomic E-state index is 13.1. The number of nitrogens with zero attached hydrogens (tertiary/aromatic N) is 1. The zero-order valence-electron chi connectivity index (χ0n) is 14.4. The lowest BCUT2D eigenvalue weighted by molar-refractivity contribution is -0.128. The first-order valence-corrected chi connectivity index (χ1v) is 8.99. The van der Waals surface area contributed by atoms with Crippen molar-refractivity contribution in [3.8, 4) is 5.75 Å². The molecule has 1 aliphatic heterocycles. The van der Waals surface area contributed by atoms with Crippen LogP contribution in [0.25, 0.3) is 17.0 Å². The largest absolute Gasteiger partial charge is 0.488 e. The van der Waals surface area contributed by atoms with Gasteiger partial charge in [-0.3, -0.25) is 4.79 Å². The molecule has 1 fully saturated rings. The van der Waals surface area contributed by atoms with Crippen LogP contribution in [0.15, 0.2) is 64.6 Å². The molecule has 2 aliphatic rings. The van der Waals surface area contributed by atoms with Crippen molar-refractivity contribution in [2.24, 2.45) is 0 Å². The van der Waals surface area contributed by atoms with E-state index in [4.69, 9.17) is 9.15 Å². The van der Waals surface area contributed by atoms with Crippen molar-refractivity contribution in [2.75, 3.05) is 6.61 Å². The molecule has 1 amide bonds. The van der Waals surface area contributed by atoms with E-state index in [0.29, 0.717) is 24.8 Å². The van der Waals surface area contributed by atoms with Crippen LogP contribution >= 0.6 is 0 Å². The molecule has 5 rings (SSSR count). The van der Waals surface area contributed by atoms with Gasteiger partial charge in [-0.15, -0.1) is 0 Å². The summed E-state index contributed by atoms with van der Waals surface area (Å²) in [6.45, 7) is 0.816. The zero-order chi connectivity index (χ0) is 17.5. The van der Waals surface area contributed by atoms with Gasteiger partial charge in [-0.05, 0) is 37.1 Å². The van der Waals surface area contributed by atoms with Crippen molar-refractivity contribution in [1.29, 1.82) is 0 Å². The van der Waals surface area contributed by atoms with Crippen molar-refractivity contribution in [3.63, 3.8) is 0 Å². The summed E-state index contributed by atoms with van der Waals surface area (Å²) < 4.78 is 11.7. The van der Waals surface area contributed by atoms with Crippen molar-refractivity contribution in [3.05, 3.63) is 71.5 Å². The molecule has 130 valence electrons. The molecule has 4 nitrogen and oxygen atoms in total. The molecular formula is C22H19NO3. The van der Waals surface area contributed by atoms with E-state index in [-0.39, 0.29) is 5.91 Å². The van der Waals surface area contributed by atoms with E-state index >= 15 is 0 Å². The van der Waals surface area contributed by atoms with Gasteiger partial charge in [0.2, 0.25) is 0 Å². The fourth-order valence-electron chi connectivity index (χ4n) is 3.46. The topological polar surface area (TPSA) is 42.7 Å². The van der Waals surface area contributed by atoms with Gasteiger partial charge in [0.1, 0.15) is 23.7 Å². The maximum atomic E-state index is 13.1. The van der Waals surface area contributed by atoms with Gasteiger partial charge < -0.3 is 14.1 Å². The summed E-state index contributed by atoms with van der Waals surface area (Å²) in [4.78, 5) is 15.1. The van der Waals surface area contributed by atoms with Gasteiger partial charge in [0.25, 0.3) is 5.91 Å². The number of hydrogen-bond acceptors (Lipinski definition) is 3. The molecule has 3 aromatic rings. The molecule has 4 heteroatoms. The molecule has 1 aromatic heterocycles. The molecule has 1 saturated carbocycles. The Morgan fingerprint density at radius 1 is 1.08 bits per heavy atom. The lowest BCUT2D eigenvalue weighted by atomic mass is 10.1. The summed E-state index contributed by atoms with van der Waals surface area (Å²) >= 11 is 0. The number of fused-ring (bicyclic) bond motifs is 2. The van der Waals surface area contributed by atoms with Crippen LogP contribution in [-0.2, 0) is 11.3 Å². The average molecular weight is 345 g/mol. The van der Waals surface area contributed by atoms with Crippen LogP contribution in [0.2, 0.25) is 0 Å². The Labute approximate surface area is 151 Å². The summed E-state index contributed by atoms with van der Waals surface area (Å²) in [5.41, 5.74) is 2.52. The summed E-state index contributed by atoms with van der Waals surface area (Å²) in [6.07, 6.45) is 4.06. The molecular weight excluding hydrogens is 326 g/mol. The first kappa shape index (κ1) is 15.3. The van der Waals surface area contributed by atoms with E-state index < -0.39 is 0 Å². The number of furan rings is 1. The number of para-hydroxylation sites is 2. The average Bonchev–Trinajstić information content (AvgIpc) is 3.44. The summed E-state index contributed by atoms with van der Waals surface area (Å²) in [5, 5.41) is 1.07. The number of hydrogen-bond donors (Lipinski definition) is 0. The zero-order valence-corrected chi connectivity index (χ0v) is 14.4. The lowest BCUT2D eigenvalue weighted by Gasteiger charge is -2.25. The van der Waals surface area contributed by atoms with Gasteiger partial charge in [-0.25, -0.2) is 0 Å². The highest BCUT2D eigenvalue weighted by Crippen LogP contribution is 2.33. The van der Waals surface area contributed by atoms with Crippen LogP contribution in [-0.4, -0.2) is 23.5 Å². The van der Waals surface area contributed by atoms with E-state index in [1.165, 1.54) is 0 Å². The molecule has 0 bridgehead atoms. The van der Waals surface area contributed by atoms with E-state index in [0.717, 1.165) is 40.9 Å². The van der Waals surface area contributed by atoms with Gasteiger partial charge in [0.05, 0.1) is 12.1 Å². The van der Waals surface area contributed by atoms with E-state index in [2.05, 4.69) is 0 Å². The van der Waals surface area contributed by atoms with Gasteiger partial charge in [-0.1, -0.05) is 36.4 Å². The number of benzene rings is 2. The van der Waals surface area contributed by atoms with E-state index in [9.17, 15) is 4.79 Å². The van der Waals surface area contributed by atoms with Gasteiger partial charge in [0.15, 0.2) is 0 Å². The standard InChI is InChI=1S/C22H19NO3/c24-22(17-11-15-5-1-3-7-20(15)25-14-17)23(18-9-10-18)13-19-12-16-6-2-4-8-21(16)26-19/h1-8,11-12,18H,9-10,13-14H2. The Morgan fingerprint density at radius 2 is 1.88 bits per heavy atom. The lowest BCUT2D eigenvalue weighted by Crippen LogP contribution is -2.35. The summed E-state index contributed by atoms with van der Waals surface area (Å²) in [7, 11) is 0. The molecule has 0 radical (unpaired) electrons. The predicted octanol–water partition coefficient (Wildman–Crippen LogP) is 4.40. The highest BCUT2D eigenvalue weighted by atomic mass is 16.5. The third-order valence-electron chi connectivity index (χ3n) is 4.96. The van der Waals surface area contributed by atoms with Gasteiger partial charge in [0, 0.05) is 17.0 Å². The van der Waals surface area contributed by atoms with Gasteiger partial charge >= 0.3 is 0 Å². The minimum absolute atomic E-state index is 0.0439. The number of rotatable bonds is 4. The Kier molecular flexibility index (Phi) is 3.56. The quantitative estimate of drug-likeness (QED) is 0.704. The minimum atomic E-state index is 0.0439. The van der Waals surface area contributed by atoms with Crippen LogP contribution in [0.5, 0.6) is 5.75 Å². The second-order valence-corrected chi connectivity index (χ2v) is 6.91. The molecule has 2 aromatic carbocycles. The number of carbonyl (C=O) groups excluding carboxylic acids is 1. The molecule has 0 spiro atoms. The van der Waals surface area contributed by atoms with Crippen molar-refractivity contribution < 1.29 is 13.9 Å². The van der Waals surface area contributed by atoms with Crippen molar-refractivity contribution >= 4 is 23.0 Å². The van der Waals surface area contributed by atoms with Crippen LogP contribution < -0.4 is 4.74 Å². The highest BCUT2D eigenvalue weighted by molar-refractivity contribution is 5.99. The molecule has 0 saturated heterocycles. The van der Waals surface area contributed by atoms with Gasteiger partial charge in [-0.2, -0.15) is 0 Å². The third kappa shape index (κ3) is 2.77.